The van der Waals surface area contributed by atoms with Crippen LogP contribution in [-0.4, -0.2) is 60.9 Å². The van der Waals surface area contributed by atoms with Gasteiger partial charge < -0.3 is 15.2 Å². The molecule has 5 heteroatoms. The summed E-state index contributed by atoms with van der Waals surface area (Å²) >= 11 is 0. The highest BCUT2D eigenvalue weighted by Crippen LogP contribution is 2.16. The number of nitrogens with zero attached hydrogens (tertiary/aromatic N) is 1. The van der Waals surface area contributed by atoms with Gasteiger partial charge in [0.25, 0.3) is 0 Å². The number of nitrogens with one attached hydrogen (secondary N) is 1. The van der Waals surface area contributed by atoms with Gasteiger partial charge in [-0.15, -0.1) is 0 Å². The molecule has 1 aliphatic heterocycles. The fourth-order valence-electron chi connectivity index (χ4n) is 2.18. The Kier molecular flexibility index (Phi) is 5.36. The van der Waals surface area contributed by atoms with E-state index in [1.807, 2.05) is 6.92 Å². The maximum Gasteiger partial charge on any atom is 0.324 e. The molecule has 0 amide bonds. The molecule has 1 rings (SSSR count). The van der Waals surface area contributed by atoms with Crippen molar-refractivity contribution < 1.29 is 14.6 Å². The molecule has 1 saturated heterocycles. The zero-order valence-corrected chi connectivity index (χ0v) is 11.0. The lowest BCUT2D eigenvalue weighted by molar-refractivity contribution is -0.145. The molecule has 5 nitrogen and oxygen atoms in total. The highest BCUT2D eigenvalue weighted by molar-refractivity contribution is 5.78. The Bertz CT molecular complexity index is 260. The number of ether oxygens (including phenoxy) is 1. The molecule has 2 N–H and O–H groups in total. The van der Waals surface area contributed by atoms with Gasteiger partial charge >= 0.3 is 5.97 Å². The van der Waals surface area contributed by atoms with Crippen molar-refractivity contribution >= 4 is 5.97 Å². The van der Waals surface area contributed by atoms with Crippen LogP contribution in [0, 0.1) is 0 Å². The molecule has 17 heavy (non-hydrogen) atoms. The minimum Gasteiger partial charge on any atom is -0.480 e. The van der Waals surface area contributed by atoms with E-state index in [9.17, 15) is 9.90 Å². The Morgan fingerprint density at radius 1 is 1.65 bits per heavy atom. The molecular formula is C12H24N2O3. The van der Waals surface area contributed by atoms with Crippen molar-refractivity contribution in [3.63, 3.8) is 0 Å². The van der Waals surface area contributed by atoms with Crippen LogP contribution < -0.4 is 5.32 Å². The molecule has 0 aromatic rings. The van der Waals surface area contributed by atoms with E-state index in [1.54, 1.807) is 14.0 Å². The van der Waals surface area contributed by atoms with Gasteiger partial charge in [0, 0.05) is 26.7 Å². The molecule has 0 radical (unpaired) electrons. The number of aliphatic carboxylic acids is 1. The highest BCUT2D eigenvalue weighted by atomic mass is 16.5. The first-order valence-electron chi connectivity index (χ1n) is 6.25. The van der Waals surface area contributed by atoms with Gasteiger partial charge in [-0.1, -0.05) is 6.92 Å². The number of likely N-dealkylation sites (tertiary alicyclic amines) is 1. The van der Waals surface area contributed by atoms with Crippen LogP contribution in [0.3, 0.4) is 0 Å². The van der Waals surface area contributed by atoms with E-state index in [4.69, 9.17) is 4.74 Å². The minimum atomic E-state index is -0.862. The molecule has 0 spiro atoms. The van der Waals surface area contributed by atoms with Gasteiger partial charge in [0.15, 0.2) is 0 Å². The summed E-state index contributed by atoms with van der Waals surface area (Å²) in [6, 6.07) is 0. The van der Waals surface area contributed by atoms with E-state index in [2.05, 4.69) is 10.2 Å². The second-order valence-corrected chi connectivity index (χ2v) is 4.95. The summed E-state index contributed by atoms with van der Waals surface area (Å²) in [5.41, 5.74) is -0.862. The van der Waals surface area contributed by atoms with Gasteiger partial charge in [0.1, 0.15) is 5.54 Å². The summed E-state index contributed by atoms with van der Waals surface area (Å²) in [7, 11) is 1.71. The van der Waals surface area contributed by atoms with Crippen molar-refractivity contribution in [3.05, 3.63) is 0 Å². The van der Waals surface area contributed by atoms with Gasteiger partial charge in [0.05, 0.1) is 6.10 Å². The zero-order valence-electron chi connectivity index (χ0n) is 11.0. The van der Waals surface area contributed by atoms with E-state index >= 15 is 0 Å². The van der Waals surface area contributed by atoms with Crippen molar-refractivity contribution in [3.8, 4) is 0 Å². The van der Waals surface area contributed by atoms with Crippen molar-refractivity contribution in [2.24, 2.45) is 0 Å². The monoisotopic (exact) mass is 244 g/mol. The average Bonchev–Trinajstić information content (AvgIpc) is 2.73. The first kappa shape index (κ1) is 14.4. The number of hydrogen-bond donors (Lipinski definition) is 2. The normalized spacial score (nSPS) is 24.8. The second kappa shape index (κ2) is 6.33. The molecule has 2 unspecified atom stereocenters. The van der Waals surface area contributed by atoms with Gasteiger partial charge in [-0.3, -0.25) is 9.69 Å². The predicted octanol–water partition coefficient (Wildman–Crippen LogP) is 0.550. The van der Waals surface area contributed by atoms with Crippen molar-refractivity contribution in [2.45, 2.75) is 38.3 Å². The van der Waals surface area contributed by atoms with Gasteiger partial charge in [-0.05, 0) is 26.3 Å². The van der Waals surface area contributed by atoms with Crippen molar-refractivity contribution in [1.82, 2.24) is 10.2 Å². The van der Waals surface area contributed by atoms with Crippen LogP contribution in [0.5, 0.6) is 0 Å². The van der Waals surface area contributed by atoms with E-state index in [-0.39, 0.29) is 6.10 Å². The third-order valence-electron chi connectivity index (χ3n) is 3.34. The molecule has 1 fully saturated rings. The lowest BCUT2D eigenvalue weighted by Gasteiger charge is -2.31. The molecule has 2 atom stereocenters. The quantitative estimate of drug-likeness (QED) is 0.685. The first-order valence-corrected chi connectivity index (χ1v) is 6.25. The van der Waals surface area contributed by atoms with Crippen LogP contribution in [0.4, 0.5) is 0 Å². The topological polar surface area (TPSA) is 61.8 Å². The standard InChI is InChI=1S/C12H24N2O3/c1-4-6-13-12(2,11(15)16)9-14-7-5-10(8-14)17-3/h10,13H,4-9H2,1-3H3,(H,15,16). The van der Waals surface area contributed by atoms with Crippen molar-refractivity contribution in [2.75, 3.05) is 33.3 Å². The SMILES string of the molecule is CCCNC(C)(CN1CCC(OC)C1)C(=O)O. The third kappa shape index (κ3) is 3.94. The maximum absolute atomic E-state index is 11.3. The third-order valence-corrected chi connectivity index (χ3v) is 3.34. The largest absolute Gasteiger partial charge is 0.480 e. The first-order chi connectivity index (χ1) is 8.01. The molecule has 0 saturated carbocycles. The molecule has 0 aromatic carbocycles. The second-order valence-electron chi connectivity index (χ2n) is 4.95. The van der Waals surface area contributed by atoms with Gasteiger partial charge in [-0.2, -0.15) is 0 Å². The van der Waals surface area contributed by atoms with Crippen LogP contribution in [0.2, 0.25) is 0 Å². The maximum atomic E-state index is 11.3. The summed E-state index contributed by atoms with van der Waals surface area (Å²) < 4.78 is 5.29. The predicted molar refractivity (Wildman–Crippen MR) is 66.2 cm³/mol. The van der Waals surface area contributed by atoms with Crippen LogP contribution in [-0.2, 0) is 9.53 Å². The summed E-state index contributed by atoms with van der Waals surface area (Å²) in [5, 5.41) is 12.4. The van der Waals surface area contributed by atoms with Crippen LogP contribution in [0.25, 0.3) is 0 Å². The average molecular weight is 244 g/mol. The summed E-state index contributed by atoms with van der Waals surface area (Å²) in [5.74, 6) is -0.785. The summed E-state index contributed by atoms with van der Waals surface area (Å²) in [6.45, 7) is 6.78. The Morgan fingerprint density at radius 2 is 2.35 bits per heavy atom. The number of carboxylic acid groups (broad SMARTS) is 1. The number of methoxy groups -OCH3 is 1. The van der Waals surface area contributed by atoms with E-state index in [0.717, 1.165) is 32.5 Å². The molecule has 0 aromatic heterocycles. The van der Waals surface area contributed by atoms with E-state index in [1.165, 1.54) is 0 Å². The summed E-state index contributed by atoms with van der Waals surface area (Å²) in [6.07, 6.45) is 2.17. The number of carboxylic acids is 1. The van der Waals surface area contributed by atoms with Gasteiger partial charge in [-0.25, -0.2) is 0 Å². The van der Waals surface area contributed by atoms with Gasteiger partial charge in [0.2, 0.25) is 0 Å². The van der Waals surface area contributed by atoms with E-state index in [0.29, 0.717) is 6.54 Å². The number of carbonyl (C=O) groups is 1. The fraction of sp³-hybridized carbons (Fsp3) is 0.917. The molecule has 0 bridgehead atoms. The van der Waals surface area contributed by atoms with Crippen LogP contribution >= 0.6 is 0 Å². The van der Waals surface area contributed by atoms with Crippen LogP contribution in [0.15, 0.2) is 0 Å². The fourth-order valence-corrected chi connectivity index (χ4v) is 2.18. The Morgan fingerprint density at radius 3 is 2.82 bits per heavy atom. The summed E-state index contributed by atoms with van der Waals surface area (Å²) in [4.78, 5) is 13.5. The number of rotatable bonds is 7. The minimum absolute atomic E-state index is 0.249. The number of hydrogen-bond acceptors (Lipinski definition) is 4. The molecular weight excluding hydrogens is 220 g/mol. The molecule has 100 valence electrons. The Labute approximate surface area is 103 Å². The lowest BCUT2D eigenvalue weighted by Crippen LogP contribution is -2.56. The zero-order chi connectivity index (χ0) is 12.9. The smallest absolute Gasteiger partial charge is 0.324 e. The van der Waals surface area contributed by atoms with Crippen molar-refractivity contribution in [1.29, 1.82) is 0 Å². The molecule has 1 aliphatic rings. The Balaban J connectivity index is 2.52. The Hall–Kier alpha value is -0.650. The van der Waals surface area contributed by atoms with E-state index < -0.39 is 11.5 Å². The molecule has 1 heterocycles. The highest BCUT2D eigenvalue weighted by Gasteiger charge is 2.36. The molecule has 0 aliphatic carbocycles. The lowest BCUT2D eigenvalue weighted by atomic mass is 10.0. The van der Waals surface area contributed by atoms with Crippen LogP contribution in [0.1, 0.15) is 26.7 Å².